The molecule has 0 bridgehead atoms. The number of unbranched alkanes of at least 4 members (excludes halogenated alkanes) is 1. The number of carbonyl (C=O) groups excluding carboxylic acids is 1. The van der Waals surface area contributed by atoms with Crippen molar-refractivity contribution in [3.8, 4) is 0 Å². The van der Waals surface area contributed by atoms with Crippen LogP contribution >= 0.6 is 27.5 Å². The molecular weight excluding hydrogens is 416 g/mol. The standard InChI is InChI=1S/C20H24BrClN2O2/c1-6-7-8-24-13(4)16(19(25)17(22)14(24)5)20(26)23-18-11(2)9-15(21)10-12(18)3/h9-10H,6-8H2,1-5H3,(H,23,26). The van der Waals surface area contributed by atoms with Crippen molar-refractivity contribution in [3.05, 3.63) is 59.9 Å². The molecule has 1 heterocycles. The minimum Gasteiger partial charge on any atom is -0.347 e. The number of hydrogen-bond acceptors (Lipinski definition) is 2. The van der Waals surface area contributed by atoms with E-state index in [0.29, 0.717) is 17.1 Å². The number of amides is 1. The summed E-state index contributed by atoms with van der Waals surface area (Å²) in [7, 11) is 0. The highest BCUT2D eigenvalue weighted by Crippen LogP contribution is 2.26. The molecule has 1 amide bonds. The van der Waals surface area contributed by atoms with Crippen LogP contribution in [0.15, 0.2) is 21.4 Å². The number of aryl methyl sites for hydroxylation is 2. The molecule has 0 radical (unpaired) electrons. The first-order valence-electron chi connectivity index (χ1n) is 8.66. The Morgan fingerprint density at radius 1 is 1.15 bits per heavy atom. The first-order chi connectivity index (χ1) is 12.2. The summed E-state index contributed by atoms with van der Waals surface area (Å²) in [6.45, 7) is 10.3. The number of pyridine rings is 1. The van der Waals surface area contributed by atoms with Gasteiger partial charge in [-0.2, -0.15) is 0 Å². The molecule has 26 heavy (non-hydrogen) atoms. The SMILES string of the molecule is CCCCn1c(C)c(Cl)c(=O)c(C(=O)Nc2c(C)cc(Br)cc2C)c1C. The second-order valence-corrected chi connectivity index (χ2v) is 7.86. The summed E-state index contributed by atoms with van der Waals surface area (Å²) < 4.78 is 2.91. The molecule has 0 spiro atoms. The van der Waals surface area contributed by atoms with Crippen LogP contribution in [0.5, 0.6) is 0 Å². The Hall–Kier alpha value is -1.59. The molecule has 0 atom stereocenters. The van der Waals surface area contributed by atoms with E-state index < -0.39 is 11.3 Å². The zero-order valence-corrected chi connectivity index (χ0v) is 18.1. The quantitative estimate of drug-likeness (QED) is 0.664. The molecule has 2 aromatic rings. The maximum atomic E-state index is 12.9. The highest BCUT2D eigenvalue weighted by Gasteiger charge is 2.22. The number of hydrogen-bond donors (Lipinski definition) is 1. The topological polar surface area (TPSA) is 51.1 Å². The van der Waals surface area contributed by atoms with Crippen LogP contribution in [0.4, 0.5) is 5.69 Å². The van der Waals surface area contributed by atoms with Crippen LogP contribution in [-0.4, -0.2) is 10.5 Å². The Balaban J connectivity index is 2.53. The lowest BCUT2D eigenvalue weighted by Gasteiger charge is -2.19. The monoisotopic (exact) mass is 438 g/mol. The van der Waals surface area contributed by atoms with E-state index in [4.69, 9.17) is 11.6 Å². The van der Waals surface area contributed by atoms with Crippen LogP contribution in [-0.2, 0) is 6.54 Å². The molecule has 0 saturated carbocycles. The summed E-state index contributed by atoms with van der Waals surface area (Å²) in [6, 6.07) is 3.86. The average molecular weight is 440 g/mol. The maximum Gasteiger partial charge on any atom is 0.261 e. The average Bonchev–Trinajstić information content (AvgIpc) is 2.56. The van der Waals surface area contributed by atoms with Gasteiger partial charge < -0.3 is 9.88 Å². The fourth-order valence-corrected chi connectivity index (χ4v) is 4.03. The summed E-state index contributed by atoms with van der Waals surface area (Å²) in [4.78, 5) is 25.6. The van der Waals surface area contributed by atoms with Crippen LogP contribution in [0, 0.1) is 27.7 Å². The van der Waals surface area contributed by atoms with Crippen LogP contribution in [0.25, 0.3) is 0 Å². The lowest BCUT2D eigenvalue weighted by molar-refractivity contribution is 0.102. The molecule has 2 rings (SSSR count). The van der Waals surface area contributed by atoms with Crippen LogP contribution in [0.1, 0.15) is 52.6 Å². The molecule has 0 aliphatic rings. The highest BCUT2D eigenvalue weighted by molar-refractivity contribution is 9.10. The number of benzene rings is 1. The minimum atomic E-state index is -0.423. The lowest BCUT2D eigenvalue weighted by Crippen LogP contribution is -2.28. The van der Waals surface area contributed by atoms with Crippen molar-refractivity contribution in [1.29, 1.82) is 0 Å². The van der Waals surface area contributed by atoms with Gasteiger partial charge in [0.25, 0.3) is 5.91 Å². The van der Waals surface area contributed by atoms with Gasteiger partial charge in [0.1, 0.15) is 10.6 Å². The van der Waals surface area contributed by atoms with E-state index in [9.17, 15) is 9.59 Å². The van der Waals surface area contributed by atoms with Crippen molar-refractivity contribution < 1.29 is 4.79 Å². The largest absolute Gasteiger partial charge is 0.347 e. The number of aromatic nitrogens is 1. The maximum absolute atomic E-state index is 12.9. The summed E-state index contributed by atoms with van der Waals surface area (Å²) in [5.41, 5.74) is 3.61. The predicted molar refractivity (Wildman–Crippen MR) is 112 cm³/mol. The molecule has 1 aromatic heterocycles. The van der Waals surface area contributed by atoms with Crippen molar-refractivity contribution in [2.24, 2.45) is 0 Å². The zero-order chi connectivity index (χ0) is 19.6. The third-order valence-electron chi connectivity index (χ3n) is 4.61. The second-order valence-electron chi connectivity index (χ2n) is 6.56. The molecule has 6 heteroatoms. The zero-order valence-electron chi connectivity index (χ0n) is 15.8. The van der Waals surface area contributed by atoms with E-state index in [0.717, 1.165) is 35.0 Å². The van der Waals surface area contributed by atoms with Crippen molar-refractivity contribution in [3.63, 3.8) is 0 Å². The molecule has 0 unspecified atom stereocenters. The van der Waals surface area contributed by atoms with Gasteiger partial charge in [0, 0.05) is 28.1 Å². The van der Waals surface area contributed by atoms with Crippen molar-refractivity contribution >= 4 is 39.1 Å². The Bertz CT molecular complexity index is 896. The van der Waals surface area contributed by atoms with Gasteiger partial charge in [0.15, 0.2) is 0 Å². The van der Waals surface area contributed by atoms with Gasteiger partial charge in [-0.05, 0) is 57.4 Å². The molecule has 4 nitrogen and oxygen atoms in total. The molecule has 0 fully saturated rings. The van der Waals surface area contributed by atoms with E-state index in [1.807, 2.05) is 37.5 Å². The van der Waals surface area contributed by atoms with E-state index >= 15 is 0 Å². The van der Waals surface area contributed by atoms with Crippen molar-refractivity contribution in [2.75, 3.05) is 5.32 Å². The van der Waals surface area contributed by atoms with Gasteiger partial charge in [-0.3, -0.25) is 9.59 Å². The Morgan fingerprint density at radius 3 is 2.27 bits per heavy atom. The molecule has 1 aromatic carbocycles. The molecule has 0 saturated heterocycles. The van der Waals surface area contributed by atoms with Gasteiger partial charge in [-0.1, -0.05) is 40.9 Å². The highest BCUT2D eigenvalue weighted by atomic mass is 79.9. The first kappa shape index (κ1) is 20.7. The number of nitrogens with one attached hydrogen (secondary N) is 1. The number of halogens is 2. The fraction of sp³-hybridized carbons (Fsp3) is 0.400. The first-order valence-corrected chi connectivity index (χ1v) is 9.83. The summed E-state index contributed by atoms with van der Waals surface area (Å²) in [5.74, 6) is -0.423. The Kier molecular flexibility index (Phi) is 6.69. The van der Waals surface area contributed by atoms with E-state index in [1.54, 1.807) is 6.92 Å². The van der Waals surface area contributed by atoms with Gasteiger partial charge in [0.2, 0.25) is 5.43 Å². The third kappa shape index (κ3) is 4.04. The summed E-state index contributed by atoms with van der Waals surface area (Å²) in [5, 5.41) is 3.01. The lowest BCUT2D eigenvalue weighted by atomic mass is 10.1. The third-order valence-corrected chi connectivity index (χ3v) is 5.52. The van der Waals surface area contributed by atoms with Gasteiger partial charge in [-0.15, -0.1) is 0 Å². The minimum absolute atomic E-state index is 0.110. The fourth-order valence-electron chi connectivity index (χ4n) is 3.15. The van der Waals surface area contributed by atoms with Crippen LogP contribution in [0.3, 0.4) is 0 Å². The van der Waals surface area contributed by atoms with Crippen molar-refractivity contribution in [1.82, 2.24) is 4.57 Å². The van der Waals surface area contributed by atoms with Gasteiger partial charge in [0.05, 0.1) is 0 Å². The molecular formula is C20H24BrClN2O2. The van der Waals surface area contributed by atoms with Crippen LogP contribution < -0.4 is 10.7 Å². The Labute approximate surface area is 167 Å². The van der Waals surface area contributed by atoms with E-state index in [-0.39, 0.29) is 10.6 Å². The molecule has 1 N–H and O–H groups in total. The molecule has 140 valence electrons. The van der Waals surface area contributed by atoms with E-state index in [1.165, 1.54) is 0 Å². The molecule has 0 aliphatic heterocycles. The van der Waals surface area contributed by atoms with Gasteiger partial charge in [-0.25, -0.2) is 0 Å². The number of rotatable bonds is 5. The van der Waals surface area contributed by atoms with Crippen molar-refractivity contribution in [2.45, 2.75) is 54.0 Å². The Morgan fingerprint density at radius 2 is 1.73 bits per heavy atom. The summed E-state index contributed by atoms with van der Waals surface area (Å²) in [6.07, 6.45) is 1.97. The number of carbonyl (C=O) groups is 1. The normalized spacial score (nSPS) is 10.9. The number of anilines is 1. The van der Waals surface area contributed by atoms with E-state index in [2.05, 4.69) is 28.2 Å². The smallest absolute Gasteiger partial charge is 0.261 e. The van der Waals surface area contributed by atoms with Gasteiger partial charge >= 0.3 is 0 Å². The second kappa shape index (κ2) is 8.40. The number of nitrogens with zero attached hydrogens (tertiary/aromatic N) is 1. The molecule has 0 aliphatic carbocycles. The van der Waals surface area contributed by atoms with Crippen LogP contribution in [0.2, 0.25) is 5.02 Å². The predicted octanol–water partition coefficient (Wildman–Crippen LogP) is 5.55. The summed E-state index contributed by atoms with van der Waals surface area (Å²) >= 11 is 9.70.